The molecule has 0 radical (unpaired) electrons. The van der Waals surface area contributed by atoms with E-state index in [-0.39, 0.29) is 12.5 Å². The summed E-state index contributed by atoms with van der Waals surface area (Å²) >= 11 is 5.75. The number of aromatic nitrogens is 1. The molecule has 9 heteroatoms. The van der Waals surface area contributed by atoms with Crippen LogP contribution in [0.2, 0.25) is 5.02 Å². The number of ether oxygens (including phenoxy) is 2. The Morgan fingerprint density at radius 1 is 1.43 bits per heavy atom. The Labute approximate surface area is 166 Å². The molecule has 1 aromatic carbocycles. The molecule has 28 heavy (non-hydrogen) atoms. The molecule has 2 aromatic rings. The predicted octanol–water partition coefficient (Wildman–Crippen LogP) is 3.87. The number of nitrogens with one attached hydrogen (secondary N) is 1. The number of halogens is 2. The van der Waals surface area contributed by atoms with E-state index in [4.69, 9.17) is 26.8 Å². The van der Waals surface area contributed by atoms with Crippen LogP contribution in [0.15, 0.2) is 41.5 Å². The van der Waals surface area contributed by atoms with Crippen LogP contribution >= 0.6 is 11.6 Å². The van der Waals surface area contributed by atoms with Crippen molar-refractivity contribution in [3.8, 4) is 5.88 Å². The number of anilines is 1. The Bertz CT molecular complexity index is 891. The number of hydrogen-bond donors (Lipinski definition) is 2. The fourth-order valence-electron chi connectivity index (χ4n) is 3.04. The largest absolute Gasteiger partial charge is 0.418 e. The van der Waals surface area contributed by atoms with Crippen molar-refractivity contribution < 1.29 is 18.7 Å². The van der Waals surface area contributed by atoms with Crippen LogP contribution in [0, 0.1) is 5.82 Å². The van der Waals surface area contributed by atoms with Crippen LogP contribution in [0.5, 0.6) is 5.88 Å². The first-order valence-electron chi connectivity index (χ1n) is 8.74. The highest BCUT2D eigenvalue weighted by molar-refractivity contribution is 6.30. The molecule has 1 aromatic heterocycles. The summed E-state index contributed by atoms with van der Waals surface area (Å²) in [6.07, 6.45) is 1.60. The number of rotatable bonds is 4. The Morgan fingerprint density at radius 3 is 2.96 bits per heavy atom. The molecule has 0 saturated heterocycles. The van der Waals surface area contributed by atoms with E-state index < -0.39 is 17.4 Å². The van der Waals surface area contributed by atoms with Crippen molar-refractivity contribution in [3.05, 3.63) is 52.9 Å². The van der Waals surface area contributed by atoms with Crippen LogP contribution in [-0.4, -0.2) is 30.1 Å². The molecule has 0 aliphatic carbocycles. The van der Waals surface area contributed by atoms with Crippen LogP contribution in [0.3, 0.4) is 0 Å². The molecule has 1 aliphatic rings. The topological polar surface area (TPSA) is 98.8 Å². The van der Waals surface area contributed by atoms with Gasteiger partial charge in [0.1, 0.15) is 18.3 Å². The molecular weight excluding hydrogens is 387 g/mol. The number of amides is 1. The van der Waals surface area contributed by atoms with Crippen LogP contribution < -0.4 is 15.8 Å². The summed E-state index contributed by atoms with van der Waals surface area (Å²) in [6.45, 7) is 2.52. The van der Waals surface area contributed by atoms with E-state index in [1.165, 1.54) is 30.5 Å². The Balaban J connectivity index is 1.83. The van der Waals surface area contributed by atoms with Crippen molar-refractivity contribution in [1.82, 2.24) is 4.98 Å². The average Bonchev–Trinajstić information content (AvgIpc) is 2.87. The van der Waals surface area contributed by atoms with Crippen LogP contribution in [-0.2, 0) is 10.3 Å². The summed E-state index contributed by atoms with van der Waals surface area (Å²) in [6, 6.07) is 7.28. The van der Waals surface area contributed by atoms with Crippen molar-refractivity contribution in [2.24, 2.45) is 10.7 Å². The highest BCUT2D eigenvalue weighted by atomic mass is 35.5. The van der Waals surface area contributed by atoms with Gasteiger partial charge in [0, 0.05) is 36.5 Å². The van der Waals surface area contributed by atoms with E-state index in [1.807, 2.05) is 6.92 Å². The smallest absolute Gasteiger partial charge is 0.391 e. The van der Waals surface area contributed by atoms with Crippen LogP contribution in [0.1, 0.15) is 25.3 Å². The highest BCUT2D eigenvalue weighted by Crippen LogP contribution is 2.37. The van der Waals surface area contributed by atoms with E-state index >= 15 is 0 Å². The SMILES string of the molecule is CC[C@@]1(c2cc(NC(=O)Oc3ccc(Cl)cn3)ccc2F)CCOCC(N)=N1. The predicted molar refractivity (Wildman–Crippen MR) is 104 cm³/mol. The Kier molecular flexibility index (Phi) is 6.11. The highest BCUT2D eigenvalue weighted by Gasteiger charge is 2.34. The zero-order valence-corrected chi connectivity index (χ0v) is 16.0. The molecule has 0 spiro atoms. The van der Waals surface area contributed by atoms with Gasteiger partial charge in [-0.3, -0.25) is 10.3 Å². The maximum absolute atomic E-state index is 14.7. The maximum Gasteiger partial charge on any atom is 0.418 e. The number of pyridine rings is 1. The quantitative estimate of drug-likeness (QED) is 0.803. The monoisotopic (exact) mass is 406 g/mol. The second-order valence-corrected chi connectivity index (χ2v) is 6.75. The molecule has 0 fully saturated rings. The number of hydrogen-bond acceptors (Lipinski definition) is 6. The summed E-state index contributed by atoms with van der Waals surface area (Å²) < 4.78 is 25.2. The number of carbonyl (C=O) groups is 1. The van der Waals surface area contributed by atoms with Crippen molar-refractivity contribution >= 4 is 29.2 Å². The summed E-state index contributed by atoms with van der Waals surface area (Å²) in [4.78, 5) is 20.5. The van der Waals surface area contributed by atoms with Crippen molar-refractivity contribution in [2.45, 2.75) is 25.3 Å². The second kappa shape index (κ2) is 8.53. The number of amidine groups is 1. The average molecular weight is 407 g/mol. The lowest BCUT2D eigenvalue weighted by atomic mass is 9.84. The van der Waals surface area contributed by atoms with Gasteiger partial charge in [-0.05, 0) is 30.7 Å². The van der Waals surface area contributed by atoms with Gasteiger partial charge in [-0.2, -0.15) is 0 Å². The fourth-order valence-corrected chi connectivity index (χ4v) is 3.15. The third-order valence-corrected chi connectivity index (χ3v) is 4.69. The maximum atomic E-state index is 14.7. The van der Waals surface area contributed by atoms with Gasteiger partial charge in [0.2, 0.25) is 5.88 Å². The summed E-state index contributed by atoms with van der Waals surface area (Å²) in [5.41, 5.74) is 5.73. The molecule has 3 rings (SSSR count). The lowest BCUT2D eigenvalue weighted by Crippen LogP contribution is -2.28. The number of nitrogens with zero attached hydrogens (tertiary/aromatic N) is 2. The lowest BCUT2D eigenvalue weighted by molar-refractivity contribution is 0.154. The summed E-state index contributed by atoms with van der Waals surface area (Å²) in [7, 11) is 0. The first kappa shape index (κ1) is 20.0. The van der Waals surface area contributed by atoms with Gasteiger partial charge < -0.3 is 15.2 Å². The molecule has 148 valence electrons. The van der Waals surface area contributed by atoms with Gasteiger partial charge in [0.05, 0.1) is 10.6 Å². The molecule has 1 aliphatic heterocycles. The van der Waals surface area contributed by atoms with E-state index in [1.54, 1.807) is 6.07 Å². The molecule has 0 bridgehead atoms. The van der Waals surface area contributed by atoms with Crippen LogP contribution in [0.25, 0.3) is 0 Å². The number of carbonyl (C=O) groups excluding carboxylic acids is 1. The summed E-state index contributed by atoms with van der Waals surface area (Å²) in [5.74, 6) is -0.0310. The zero-order chi connectivity index (χ0) is 20.1. The van der Waals surface area contributed by atoms with Crippen molar-refractivity contribution in [1.29, 1.82) is 0 Å². The van der Waals surface area contributed by atoms with Gasteiger partial charge in [0.15, 0.2) is 0 Å². The number of benzene rings is 1. The van der Waals surface area contributed by atoms with Gasteiger partial charge in [0.25, 0.3) is 0 Å². The second-order valence-electron chi connectivity index (χ2n) is 6.31. The van der Waals surface area contributed by atoms with E-state index in [9.17, 15) is 9.18 Å². The first-order chi connectivity index (χ1) is 13.4. The van der Waals surface area contributed by atoms with E-state index in [2.05, 4.69) is 15.3 Å². The molecular formula is C19H20ClFN4O3. The molecule has 0 saturated carbocycles. The van der Waals surface area contributed by atoms with Gasteiger partial charge in [-0.15, -0.1) is 0 Å². The molecule has 3 N–H and O–H groups in total. The molecule has 2 heterocycles. The van der Waals surface area contributed by atoms with Gasteiger partial charge in [-0.25, -0.2) is 14.2 Å². The van der Waals surface area contributed by atoms with Crippen molar-refractivity contribution in [2.75, 3.05) is 18.5 Å². The molecule has 7 nitrogen and oxygen atoms in total. The lowest BCUT2D eigenvalue weighted by Gasteiger charge is -2.29. The fraction of sp³-hybridized carbons (Fsp3) is 0.316. The van der Waals surface area contributed by atoms with E-state index in [0.717, 1.165) is 0 Å². The molecule has 1 amide bonds. The third-order valence-electron chi connectivity index (χ3n) is 4.46. The minimum atomic E-state index is -0.857. The first-order valence-corrected chi connectivity index (χ1v) is 9.12. The zero-order valence-electron chi connectivity index (χ0n) is 15.2. The minimum absolute atomic E-state index is 0.0903. The third kappa shape index (κ3) is 4.58. The Hall–Kier alpha value is -2.71. The summed E-state index contributed by atoms with van der Waals surface area (Å²) in [5, 5.41) is 2.99. The van der Waals surface area contributed by atoms with Crippen LogP contribution in [0.4, 0.5) is 14.9 Å². The normalized spacial score (nSPS) is 19.5. The number of nitrogens with two attached hydrogens (primary N) is 1. The number of aliphatic imine (C=N–C) groups is 1. The van der Waals surface area contributed by atoms with Crippen molar-refractivity contribution in [3.63, 3.8) is 0 Å². The van der Waals surface area contributed by atoms with Gasteiger partial charge >= 0.3 is 6.09 Å². The molecule has 1 atom stereocenters. The minimum Gasteiger partial charge on any atom is -0.391 e. The van der Waals surface area contributed by atoms with E-state index in [0.29, 0.717) is 41.6 Å². The van der Waals surface area contributed by atoms with Gasteiger partial charge in [-0.1, -0.05) is 18.5 Å². The standard InChI is InChI=1S/C19H20ClFN4O3/c1-2-19(7-8-27-11-16(22)25-19)14-9-13(4-5-15(14)21)24-18(26)28-17-6-3-12(20)10-23-17/h3-6,9-10H,2,7-8,11H2,1H3,(H2,22,25)(H,24,26)/t19-/m0/s1. The molecule has 0 unspecified atom stereocenters. The Morgan fingerprint density at radius 2 is 2.25 bits per heavy atom.